The quantitative estimate of drug-likeness (QED) is 0.650. The van der Waals surface area contributed by atoms with Crippen LogP contribution in [-0.2, 0) is 11.5 Å². The van der Waals surface area contributed by atoms with Gasteiger partial charge in [-0.1, -0.05) is 37.3 Å². The van der Waals surface area contributed by atoms with Gasteiger partial charge in [0.25, 0.3) is 0 Å². The average Bonchev–Trinajstić information content (AvgIpc) is 2.16. The highest BCUT2D eigenvalue weighted by Gasteiger charge is 2.00. The highest BCUT2D eigenvalue weighted by Crippen LogP contribution is 2.08. The van der Waals surface area contributed by atoms with Crippen LogP contribution in [0.5, 0.6) is 0 Å². The summed E-state index contributed by atoms with van der Waals surface area (Å²) in [4.78, 5) is 0. The van der Waals surface area contributed by atoms with E-state index < -0.39 is 0 Å². The van der Waals surface area contributed by atoms with E-state index in [1.807, 2.05) is 25.1 Å². The molecule has 0 amide bonds. The van der Waals surface area contributed by atoms with Crippen molar-refractivity contribution in [2.45, 2.75) is 19.8 Å². The standard InChI is InChI=1S/C11H15O/c1-10(9-12)7-8-11-5-3-2-4-6-11/h2-6,10H,7-9H2,1H3. The molecule has 0 spiro atoms. The van der Waals surface area contributed by atoms with Crippen LogP contribution in [0.15, 0.2) is 30.3 Å². The van der Waals surface area contributed by atoms with Crippen molar-refractivity contribution in [3.63, 3.8) is 0 Å². The van der Waals surface area contributed by atoms with E-state index in [4.69, 9.17) is 0 Å². The minimum atomic E-state index is 0.0484. The van der Waals surface area contributed by atoms with Crippen molar-refractivity contribution in [2.75, 3.05) is 6.61 Å². The largest absolute Gasteiger partial charge is 0.236 e. The van der Waals surface area contributed by atoms with E-state index in [1.54, 1.807) is 0 Å². The zero-order valence-corrected chi connectivity index (χ0v) is 7.49. The Morgan fingerprint density at radius 3 is 2.50 bits per heavy atom. The molecule has 0 heterocycles. The van der Waals surface area contributed by atoms with Gasteiger partial charge in [0.05, 0.1) is 6.61 Å². The summed E-state index contributed by atoms with van der Waals surface area (Å²) in [6.07, 6.45) is 2.04. The maximum Gasteiger partial charge on any atom is 0.0847 e. The molecular weight excluding hydrogens is 148 g/mol. The highest BCUT2D eigenvalue weighted by molar-refractivity contribution is 5.14. The number of hydrogen-bond donors (Lipinski definition) is 0. The third-order valence-electron chi connectivity index (χ3n) is 2.05. The molecule has 0 fully saturated rings. The average molecular weight is 163 g/mol. The molecule has 0 saturated carbocycles. The second-order valence-corrected chi connectivity index (χ2v) is 3.30. The zero-order valence-electron chi connectivity index (χ0n) is 7.49. The van der Waals surface area contributed by atoms with Gasteiger partial charge in [-0.3, -0.25) is 0 Å². The number of rotatable bonds is 4. The lowest BCUT2D eigenvalue weighted by Crippen LogP contribution is -2.00. The van der Waals surface area contributed by atoms with Crippen LogP contribution in [0.2, 0.25) is 0 Å². The molecule has 0 aliphatic rings. The third-order valence-corrected chi connectivity index (χ3v) is 2.05. The Morgan fingerprint density at radius 2 is 1.92 bits per heavy atom. The Kier molecular flexibility index (Phi) is 3.81. The third kappa shape index (κ3) is 3.05. The minimum Gasteiger partial charge on any atom is -0.236 e. The van der Waals surface area contributed by atoms with E-state index in [2.05, 4.69) is 12.1 Å². The van der Waals surface area contributed by atoms with Gasteiger partial charge in [-0.2, -0.15) is 0 Å². The van der Waals surface area contributed by atoms with Crippen molar-refractivity contribution in [3.05, 3.63) is 35.9 Å². The summed E-state index contributed by atoms with van der Waals surface area (Å²) in [5, 5.41) is 10.5. The first-order chi connectivity index (χ1) is 5.83. The van der Waals surface area contributed by atoms with Crippen LogP contribution in [0, 0.1) is 5.92 Å². The molecule has 65 valence electrons. The van der Waals surface area contributed by atoms with Gasteiger partial charge < -0.3 is 0 Å². The Hall–Kier alpha value is -0.820. The summed E-state index contributed by atoms with van der Waals surface area (Å²) in [6.45, 7) is 2.06. The van der Waals surface area contributed by atoms with Crippen molar-refractivity contribution in [3.8, 4) is 0 Å². The molecule has 1 aromatic rings. The second-order valence-electron chi connectivity index (χ2n) is 3.30. The van der Waals surface area contributed by atoms with Crippen LogP contribution in [0.25, 0.3) is 0 Å². The maximum absolute atomic E-state index is 10.5. The molecule has 1 unspecified atom stereocenters. The molecule has 12 heavy (non-hydrogen) atoms. The molecule has 0 saturated heterocycles. The number of aryl methyl sites for hydroxylation is 1. The van der Waals surface area contributed by atoms with Gasteiger partial charge in [-0.25, -0.2) is 5.11 Å². The Morgan fingerprint density at radius 1 is 1.25 bits per heavy atom. The molecule has 1 rings (SSSR count). The van der Waals surface area contributed by atoms with Crippen molar-refractivity contribution in [2.24, 2.45) is 5.92 Å². The van der Waals surface area contributed by atoms with Crippen LogP contribution in [0.3, 0.4) is 0 Å². The SMILES string of the molecule is CC(C[O])CCc1ccccc1. The van der Waals surface area contributed by atoms with E-state index in [9.17, 15) is 5.11 Å². The van der Waals surface area contributed by atoms with Crippen molar-refractivity contribution >= 4 is 0 Å². The van der Waals surface area contributed by atoms with Gasteiger partial charge in [-0.05, 0) is 24.3 Å². The molecule has 1 nitrogen and oxygen atoms in total. The van der Waals surface area contributed by atoms with E-state index in [-0.39, 0.29) is 6.61 Å². The first kappa shape index (κ1) is 9.27. The van der Waals surface area contributed by atoms with E-state index in [0.717, 1.165) is 12.8 Å². The Labute approximate surface area is 74.1 Å². The van der Waals surface area contributed by atoms with Gasteiger partial charge in [0.2, 0.25) is 0 Å². The molecule has 1 radical (unpaired) electrons. The molecule has 0 aliphatic heterocycles. The fraction of sp³-hybridized carbons (Fsp3) is 0.455. The van der Waals surface area contributed by atoms with Crippen molar-refractivity contribution in [1.82, 2.24) is 0 Å². The summed E-state index contributed by atoms with van der Waals surface area (Å²) in [6, 6.07) is 10.3. The fourth-order valence-corrected chi connectivity index (χ4v) is 1.14. The van der Waals surface area contributed by atoms with Gasteiger partial charge in [0, 0.05) is 0 Å². The molecule has 0 aromatic heterocycles. The lowest BCUT2D eigenvalue weighted by Gasteiger charge is -2.05. The van der Waals surface area contributed by atoms with Crippen LogP contribution in [-0.4, -0.2) is 6.61 Å². The molecule has 0 bridgehead atoms. The van der Waals surface area contributed by atoms with Gasteiger partial charge in [0.1, 0.15) is 0 Å². The van der Waals surface area contributed by atoms with Gasteiger partial charge in [0.15, 0.2) is 0 Å². The predicted octanol–water partition coefficient (Wildman–Crippen LogP) is 2.69. The van der Waals surface area contributed by atoms with Gasteiger partial charge in [-0.15, -0.1) is 0 Å². The van der Waals surface area contributed by atoms with Crippen molar-refractivity contribution < 1.29 is 5.11 Å². The summed E-state index contributed by atoms with van der Waals surface area (Å²) < 4.78 is 0. The van der Waals surface area contributed by atoms with Crippen LogP contribution < -0.4 is 0 Å². The minimum absolute atomic E-state index is 0.0484. The Bertz CT molecular complexity index is 206. The predicted molar refractivity (Wildman–Crippen MR) is 49.5 cm³/mol. The second kappa shape index (κ2) is 4.94. The van der Waals surface area contributed by atoms with E-state index in [1.165, 1.54) is 5.56 Å². The topological polar surface area (TPSA) is 19.9 Å². The molecule has 1 atom stereocenters. The maximum atomic E-state index is 10.5. The summed E-state index contributed by atoms with van der Waals surface area (Å²) in [5.41, 5.74) is 1.33. The Balaban J connectivity index is 2.33. The van der Waals surface area contributed by atoms with Crippen molar-refractivity contribution in [1.29, 1.82) is 0 Å². The molecule has 0 aliphatic carbocycles. The first-order valence-electron chi connectivity index (χ1n) is 4.45. The smallest absolute Gasteiger partial charge is 0.0847 e. The molecule has 1 aromatic carbocycles. The van der Waals surface area contributed by atoms with Crippen LogP contribution in [0.4, 0.5) is 0 Å². The lowest BCUT2D eigenvalue weighted by atomic mass is 10.0. The molecule has 0 N–H and O–H groups in total. The van der Waals surface area contributed by atoms with Gasteiger partial charge >= 0.3 is 0 Å². The molecule has 1 heteroatoms. The monoisotopic (exact) mass is 163 g/mol. The number of hydrogen-bond acceptors (Lipinski definition) is 0. The summed E-state index contributed by atoms with van der Waals surface area (Å²) in [7, 11) is 0. The molecular formula is C11H15O. The first-order valence-corrected chi connectivity index (χ1v) is 4.45. The summed E-state index contributed by atoms with van der Waals surface area (Å²) >= 11 is 0. The lowest BCUT2D eigenvalue weighted by molar-refractivity contribution is 0.147. The summed E-state index contributed by atoms with van der Waals surface area (Å²) in [5.74, 6) is 0.310. The fourth-order valence-electron chi connectivity index (χ4n) is 1.14. The number of benzene rings is 1. The van der Waals surface area contributed by atoms with Crippen LogP contribution in [0.1, 0.15) is 18.9 Å². The normalized spacial score (nSPS) is 12.8. The van der Waals surface area contributed by atoms with E-state index in [0.29, 0.717) is 5.92 Å². The highest BCUT2D eigenvalue weighted by atomic mass is 16.3. The zero-order chi connectivity index (χ0) is 8.81. The van der Waals surface area contributed by atoms with Crippen LogP contribution >= 0.6 is 0 Å². The van der Waals surface area contributed by atoms with E-state index >= 15 is 0 Å².